The quantitative estimate of drug-likeness (QED) is 0.611. The van der Waals surface area contributed by atoms with Crippen LogP contribution in [0.25, 0.3) is 11.0 Å². The molecule has 1 fully saturated rings. The van der Waals surface area contributed by atoms with Crippen LogP contribution in [0.15, 0.2) is 47.3 Å². The Labute approximate surface area is 163 Å². The second-order valence-corrected chi connectivity index (χ2v) is 7.78. The molecule has 5 nitrogen and oxygen atoms in total. The number of likely N-dealkylation sites (tertiary alicyclic amines) is 1. The zero-order valence-electron chi connectivity index (χ0n) is 15.8. The van der Waals surface area contributed by atoms with Gasteiger partial charge in [0.25, 0.3) is 0 Å². The number of aromatic amines is 2. The van der Waals surface area contributed by atoms with Crippen LogP contribution in [0.4, 0.5) is 4.39 Å². The first kappa shape index (κ1) is 18.9. The minimum atomic E-state index is -0.884. The molecule has 4 rings (SSSR count). The normalized spacial score (nSPS) is 17.2. The summed E-state index contributed by atoms with van der Waals surface area (Å²) in [5.41, 5.74) is 2.19. The van der Waals surface area contributed by atoms with E-state index in [9.17, 15) is 14.3 Å². The summed E-state index contributed by atoms with van der Waals surface area (Å²) in [6.45, 7) is 2.76. The van der Waals surface area contributed by atoms with Gasteiger partial charge < -0.3 is 20.0 Å². The Hall–Kier alpha value is -2.44. The largest absolute Gasteiger partial charge is 0.388 e. The average molecular weight is 383 g/mol. The number of hydrogen-bond donors (Lipinski definition) is 3. The van der Waals surface area contributed by atoms with Gasteiger partial charge in [-0.05, 0) is 62.4 Å². The lowest BCUT2D eigenvalue weighted by Crippen LogP contribution is -2.35. The average Bonchev–Trinajstić information content (AvgIpc) is 3.06. The third kappa shape index (κ3) is 4.34. The van der Waals surface area contributed by atoms with Crippen LogP contribution in [0.3, 0.4) is 0 Å². The summed E-state index contributed by atoms with van der Waals surface area (Å²) in [5.74, 6) is 0.214. The predicted octanol–water partition coefficient (Wildman–Crippen LogP) is 3.37. The van der Waals surface area contributed by atoms with Crippen molar-refractivity contribution in [3.63, 3.8) is 0 Å². The van der Waals surface area contributed by atoms with Gasteiger partial charge in [0.05, 0.1) is 17.1 Å². The Kier molecular flexibility index (Phi) is 5.59. The van der Waals surface area contributed by atoms with Gasteiger partial charge in [0, 0.05) is 12.1 Å². The molecule has 3 aromatic rings. The SMILES string of the molecule is O=c1[nH]c2cc(F)c(C(O)CCN3CCC(Cc4ccccc4)CC3)cc2[nH]1. The van der Waals surface area contributed by atoms with Gasteiger partial charge in [-0.2, -0.15) is 0 Å². The molecular weight excluding hydrogens is 357 g/mol. The molecule has 1 saturated heterocycles. The molecule has 1 aliphatic heterocycles. The van der Waals surface area contributed by atoms with Gasteiger partial charge in [-0.15, -0.1) is 0 Å². The van der Waals surface area contributed by atoms with Crippen molar-refractivity contribution in [2.45, 2.75) is 31.8 Å². The molecule has 6 heteroatoms. The lowest BCUT2D eigenvalue weighted by molar-refractivity contribution is 0.121. The van der Waals surface area contributed by atoms with Crippen molar-refractivity contribution in [3.05, 3.63) is 69.9 Å². The summed E-state index contributed by atoms with van der Waals surface area (Å²) in [7, 11) is 0. The van der Waals surface area contributed by atoms with Crippen molar-refractivity contribution in [1.82, 2.24) is 14.9 Å². The van der Waals surface area contributed by atoms with Gasteiger partial charge in [-0.3, -0.25) is 0 Å². The number of benzene rings is 2. The highest BCUT2D eigenvalue weighted by atomic mass is 19.1. The van der Waals surface area contributed by atoms with Gasteiger partial charge in [0.15, 0.2) is 0 Å². The predicted molar refractivity (Wildman–Crippen MR) is 108 cm³/mol. The molecule has 0 aliphatic carbocycles. The van der Waals surface area contributed by atoms with Crippen LogP contribution in [0.1, 0.15) is 36.5 Å². The molecule has 0 spiro atoms. The number of nitrogens with zero attached hydrogens (tertiary/aromatic N) is 1. The topological polar surface area (TPSA) is 72.1 Å². The summed E-state index contributed by atoms with van der Waals surface area (Å²) >= 11 is 0. The summed E-state index contributed by atoms with van der Waals surface area (Å²) in [5, 5.41) is 10.5. The molecule has 0 bridgehead atoms. The maximum Gasteiger partial charge on any atom is 0.323 e. The van der Waals surface area contributed by atoms with E-state index in [-0.39, 0.29) is 11.3 Å². The minimum Gasteiger partial charge on any atom is -0.388 e. The van der Waals surface area contributed by atoms with Gasteiger partial charge in [-0.25, -0.2) is 9.18 Å². The number of aliphatic hydroxyl groups excluding tert-OH is 1. The van der Waals surface area contributed by atoms with E-state index >= 15 is 0 Å². The van der Waals surface area contributed by atoms with Crippen LogP contribution >= 0.6 is 0 Å². The summed E-state index contributed by atoms with van der Waals surface area (Å²) in [6.07, 6.45) is 3.01. The monoisotopic (exact) mass is 383 g/mol. The zero-order valence-corrected chi connectivity index (χ0v) is 15.8. The highest BCUT2D eigenvalue weighted by molar-refractivity contribution is 5.75. The fraction of sp³-hybridized carbons (Fsp3) is 0.409. The second kappa shape index (κ2) is 8.29. The first-order valence-corrected chi connectivity index (χ1v) is 9.94. The third-order valence-corrected chi connectivity index (χ3v) is 5.79. The van der Waals surface area contributed by atoms with Gasteiger partial charge in [-0.1, -0.05) is 30.3 Å². The van der Waals surface area contributed by atoms with Crippen LogP contribution in [0, 0.1) is 11.7 Å². The molecule has 1 atom stereocenters. The van der Waals surface area contributed by atoms with Crippen LogP contribution in [0.5, 0.6) is 0 Å². The van der Waals surface area contributed by atoms with E-state index in [2.05, 4.69) is 39.1 Å². The van der Waals surface area contributed by atoms with Crippen molar-refractivity contribution in [2.24, 2.45) is 5.92 Å². The van der Waals surface area contributed by atoms with E-state index in [4.69, 9.17) is 0 Å². The Morgan fingerprint density at radius 2 is 1.79 bits per heavy atom. The van der Waals surface area contributed by atoms with Gasteiger partial charge in [0.2, 0.25) is 0 Å². The number of fused-ring (bicyclic) bond motifs is 1. The van der Waals surface area contributed by atoms with Crippen LogP contribution in [-0.2, 0) is 6.42 Å². The summed E-state index contributed by atoms with van der Waals surface area (Å²) in [4.78, 5) is 18.8. The number of rotatable bonds is 6. The molecule has 28 heavy (non-hydrogen) atoms. The standard InChI is InChI=1S/C22H26FN3O2/c23-18-14-20-19(24-22(28)25-20)13-17(18)21(27)8-11-26-9-6-16(7-10-26)12-15-4-2-1-3-5-15/h1-5,13-14,16,21,27H,6-12H2,(H2,24,25,28). The molecule has 148 valence electrons. The fourth-order valence-electron chi connectivity index (χ4n) is 4.15. The smallest absolute Gasteiger partial charge is 0.323 e. The third-order valence-electron chi connectivity index (χ3n) is 5.79. The number of nitrogens with one attached hydrogen (secondary N) is 2. The molecule has 2 aromatic carbocycles. The lowest BCUT2D eigenvalue weighted by Gasteiger charge is -2.32. The highest BCUT2D eigenvalue weighted by Crippen LogP contribution is 2.26. The van der Waals surface area contributed by atoms with Crippen molar-refractivity contribution in [2.75, 3.05) is 19.6 Å². The molecule has 1 unspecified atom stereocenters. The molecule has 0 amide bonds. The van der Waals surface area contributed by atoms with Crippen molar-refractivity contribution < 1.29 is 9.50 Å². The Balaban J connectivity index is 1.29. The van der Waals surface area contributed by atoms with Crippen molar-refractivity contribution >= 4 is 11.0 Å². The Morgan fingerprint density at radius 3 is 2.50 bits per heavy atom. The van der Waals surface area contributed by atoms with Crippen molar-refractivity contribution in [1.29, 1.82) is 0 Å². The maximum absolute atomic E-state index is 14.3. The maximum atomic E-state index is 14.3. The molecule has 1 aromatic heterocycles. The molecule has 0 saturated carbocycles. The Morgan fingerprint density at radius 1 is 1.11 bits per heavy atom. The second-order valence-electron chi connectivity index (χ2n) is 7.78. The molecule has 0 radical (unpaired) electrons. The van der Waals surface area contributed by atoms with E-state index in [1.807, 2.05) is 6.07 Å². The zero-order chi connectivity index (χ0) is 19.5. The van der Waals surface area contributed by atoms with E-state index in [0.29, 0.717) is 23.4 Å². The number of halogens is 1. The molecular formula is C22H26FN3O2. The minimum absolute atomic E-state index is 0.238. The van der Waals surface area contributed by atoms with Crippen LogP contribution in [0.2, 0.25) is 0 Å². The lowest BCUT2D eigenvalue weighted by atomic mass is 9.90. The summed E-state index contributed by atoms with van der Waals surface area (Å²) in [6, 6.07) is 13.4. The van der Waals surface area contributed by atoms with Crippen LogP contribution < -0.4 is 5.69 Å². The van der Waals surface area contributed by atoms with E-state index in [0.717, 1.165) is 38.9 Å². The molecule has 2 heterocycles. The first-order valence-electron chi connectivity index (χ1n) is 9.94. The van der Waals surface area contributed by atoms with E-state index < -0.39 is 11.9 Å². The number of piperidine rings is 1. The van der Waals surface area contributed by atoms with E-state index in [1.54, 1.807) is 0 Å². The van der Waals surface area contributed by atoms with Crippen LogP contribution in [-0.4, -0.2) is 39.6 Å². The first-order chi connectivity index (χ1) is 13.6. The number of aliphatic hydroxyl groups is 1. The van der Waals surface area contributed by atoms with E-state index in [1.165, 1.54) is 17.7 Å². The number of aromatic nitrogens is 2. The fourth-order valence-corrected chi connectivity index (χ4v) is 4.15. The Bertz CT molecular complexity index is 974. The highest BCUT2D eigenvalue weighted by Gasteiger charge is 2.21. The van der Waals surface area contributed by atoms with Gasteiger partial charge in [0.1, 0.15) is 5.82 Å². The van der Waals surface area contributed by atoms with Crippen molar-refractivity contribution in [3.8, 4) is 0 Å². The molecule has 3 N–H and O–H groups in total. The van der Waals surface area contributed by atoms with Gasteiger partial charge >= 0.3 is 5.69 Å². The number of H-pyrrole nitrogens is 2. The number of imidazole rings is 1. The number of hydrogen-bond acceptors (Lipinski definition) is 3. The molecule has 1 aliphatic rings. The summed E-state index contributed by atoms with van der Waals surface area (Å²) < 4.78 is 14.3.